The van der Waals surface area contributed by atoms with Crippen LogP contribution in [-0.2, 0) is 14.4 Å². The molecule has 110 valence electrons. The summed E-state index contributed by atoms with van der Waals surface area (Å²) in [6.45, 7) is 0.672. The van der Waals surface area contributed by atoms with Crippen molar-refractivity contribution < 1.29 is 14.4 Å². The van der Waals surface area contributed by atoms with Crippen LogP contribution in [0.3, 0.4) is 0 Å². The normalized spacial score (nSPS) is 38.8. The third kappa shape index (κ3) is 2.39. The fourth-order valence-electron chi connectivity index (χ4n) is 3.95. The molecule has 0 aromatic rings. The van der Waals surface area contributed by atoms with Gasteiger partial charge in [-0.15, -0.1) is 0 Å². The van der Waals surface area contributed by atoms with Crippen LogP contribution in [0.5, 0.6) is 0 Å². The summed E-state index contributed by atoms with van der Waals surface area (Å²) in [5.41, 5.74) is 5.35. The van der Waals surface area contributed by atoms with Gasteiger partial charge >= 0.3 is 0 Å². The summed E-state index contributed by atoms with van der Waals surface area (Å²) in [5, 5.41) is 5.76. The van der Waals surface area contributed by atoms with Crippen molar-refractivity contribution in [1.82, 2.24) is 10.6 Å². The van der Waals surface area contributed by atoms with Gasteiger partial charge in [0.2, 0.25) is 17.7 Å². The summed E-state index contributed by atoms with van der Waals surface area (Å²) in [5.74, 6) is 0.466. The van der Waals surface area contributed by atoms with E-state index in [2.05, 4.69) is 10.6 Å². The van der Waals surface area contributed by atoms with Crippen molar-refractivity contribution in [2.75, 3.05) is 6.54 Å². The average Bonchev–Trinajstić information content (AvgIpc) is 2.91. The summed E-state index contributed by atoms with van der Waals surface area (Å²) >= 11 is 0. The lowest BCUT2D eigenvalue weighted by molar-refractivity contribution is -0.129. The van der Waals surface area contributed by atoms with E-state index in [1.165, 1.54) is 0 Å². The molecule has 1 aliphatic heterocycles. The molecule has 4 N–H and O–H groups in total. The van der Waals surface area contributed by atoms with Crippen molar-refractivity contribution in [3.8, 4) is 0 Å². The van der Waals surface area contributed by atoms with Gasteiger partial charge in [0.05, 0.1) is 0 Å². The first-order valence-electron chi connectivity index (χ1n) is 7.41. The number of nitrogens with two attached hydrogens (primary N) is 1. The molecule has 6 nitrogen and oxygen atoms in total. The van der Waals surface area contributed by atoms with Gasteiger partial charge in [-0.05, 0) is 37.5 Å². The Hall–Kier alpha value is -1.59. The second-order valence-corrected chi connectivity index (χ2v) is 6.39. The van der Waals surface area contributed by atoms with Gasteiger partial charge in [-0.2, -0.15) is 0 Å². The van der Waals surface area contributed by atoms with Crippen LogP contribution in [0.2, 0.25) is 0 Å². The van der Waals surface area contributed by atoms with Crippen LogP contribution in [0.1, 0.15) is 32.1 Å². The molecule has 1 saturated heterocycles. The number of carbonyl (C=O) groups excluding carboxylic acids is 3. The minimum absolute atomic E-state index is 0.0127. The Bertz CT molecular complexity index is 451. The highest BCUT2D eigenvalue weighted by atomic mass is 16.2. The van der Waals surface area contributed by atoms with Crippen LogP contribution in [-0.4, -0.2) is 30.3 Å². The van der Waals surface area contributed by atoms with Crippen molar-refractivity contribution in [1.29, 1.82) is 0 Å². The van der Waals surface area contributed by atoms with Crippen LogP contribution in [0.25, 0.3) is 0 Å². The van der Waals surface area contributed by atoms with Gasteiger partial charge in [0, 0.05) is 30.8 Å². The third-order valence-corrected chi connectivity index (χ3v) is 5.17. The van der Waals surface area contributed by atoms with E-state index in [0.717, 1.165) is 25.7 Å². The first-order chi connectivity index (χ1) is 9.54. The number of amides is 3. The summed E-state index contributed by atoms with van der Waals surface area (Å²) in [4.78, 5) is 34.6. The SMILES string of the molecule is NC(=O)C1CC2CC(NC(=O)CC3CCNC3=O)C2C1. The molecular formula is C14H21N3O3. The first-order valence-corrected chi connectivity index (χ1v) is 7.41. The maximum absolute atomic E-state index is 12.0. The smallest absolute Gasteiger partial charge is 0.223 e. The molecule has 2 saturated carbocycles. The molecule has 0 spiro atoms. The van der Waals surface area contributed by atoms with Gasteiger partial charge in [-0.1, -0.05) is 0 Å². The highest BCUT2D eigenvalue weighted by Crippen LogP contribution is 2.49. The van der Waals surface area contributed by atoms with Gasteiger partial charge in [-0.3, -0.25) is 14.4 Å². The molecule has 3 amide bonds. The maximum atomic E-state index is 12.0. The largest absolute Gasteiger partial charge is 0.369 e. The number of hydrogen-bond donors (Lipinski definition) is 3. The molecule has 2 aliphatic carbocycles. The lowest BCUT2D eigenvalue weighted by Crippen LogP contribution is -2.50. The lowest BCUT2D eigenvalue weighted by atomic mass is 9.71. The molecule has 1 heterocycles. The Morgan fingerprint density at radius 2 is 2.10 bits per heavy atom. The average molecular weight is 279 g/mol. The second kappa shape index (κ2) is 5.07. The summed E-state index contributed by atoms with van der Waals surface area (Å²) in [6, 6.07) is 0.168. The van der Waals surface area contributed by atoms with Crippen LogP contribution in [0.15, 0.2) is 0 Å². The van der Waals surface area contributed by atoms with E-state index in [4.69, 9.17) is 5.73 Å². The van der Waals surface area contributed by atoms with Crippen LogP contribution in [0, 0.1) is 23.7 Å². The highest BCUT2D eigenvalue weighted by Gasteiger charge is 2.49. The van der Waals surface area contributed by atoms with E-state index in [0.29, 0.717) is 18.4 Å². The Balaban J connectivity index is 1.47. The topological polar surface area (TPSA) is 101 Å². The van der Waals surface area contributed by atoms with Gasteiger partial charge in [0.1, 0.15) is 0 Å². The number of rotatable bonds is 4. The highest BCUT2D eigenvalue weighted by molar-refractivity contribution is 5.87. The van der Waals surface area contributed by atoms with E-state index >= 15 is 0 Å². The quantitative estimate of drug-likeness (QED) is 0.648. The van der Waals surface area contributed by atoms with Crippen LogP contribution in [0.4, 0.5) is 0 Å². The van der Waals surface area contributed by atoms with Crippen molar-refractivity contribution in [2.45, 2.75) is 38.1 Å². The third-order valence-electron chi connectivity index (χ3n) is 5.17. The molecule has 0 bridgehead atoms. The van der Waals surface area contributed by atoms with Gasteiger partial charge in [0.25, 0.3) is 0 Å². The molecular weight excluding hydrogens is 258 g/mol. The predicted molar refractivity (Wildman–Crippen MR) is 71.2 cm³/mol. The Morgan fingerprint density at radius 3 is 2.75 bits per heavy atom. The zero-order chi connectivity index (χ0) is 14.3. The Kier molecular flexibility index (Phi) is 3.40. The first kappa shape index (κ1) is 13.4. The molecule has 5 unspecified atom stereocenters. The van der Waals surface area contributed by atoms with Crippen molar-refractivity contribution in [3.05, 3.63) is 0 Å². The van der Waals surface area contributed by atoms with Crippen molar-refractivity contribution >= 4 is 17.7 Å². The van der Waals surface area contributed by atoms with E-state index in [1.807, 2.05) is 0 Å². The van der Waals surface area contributed by atoms with E-state index < -0.39 is 0 Å². The predicted octanol–water partition coefficient (Wildman–Crippen LogP) is -0.471. The minimum Gasteiger partial charge on any atom is -0.369 e. The van der Waals surface area contributed by atoms with Gasteiger partial charge in [-0.25, -0.2) is 0 Å². The zero-order valence-electron chi connectivity index (χ0n) is 11.4. The molecule has 0 radical (unpaired) electrons. The minimum atomic E-state index is -0.216. The molecule has 20 heavy (non-hydrogen) atoms. The van der Waals surface area contributed by atoms with E-state index in [-0.39, 0.29) is 42.0 Å². The zero-order valence-corrected chi connectivity index (χ0v) is 11.4. The molecule has 5 atom stereocenters. The number of hydrogen-bond acceptors (Lipinski definition) is 3. The number of carbonyl (C=O) groups is 3. The van der Waals surface area contributed by atoms with E-state index in [9.17, 15) is 14.4 Å². The van der Waals surface area contributed by atoms with E-state index in [1.54, 1.807) is 0 Å². The van der Waals surface area contributed by atoms with Gasteiger partial charge in [0.15, 0.2) is 0 Å². The standard InChI is InChI=1S/C14H21N3O3/c15-13(19)9-3-8-5-11(10(8)4-9)17-12(18)6-7-1-2-16-14(7)20/h7-11H,1-6H2,(H2,15,19)(H,16,20)(H,17,18). The molecule has 3 aliphatic rings. The van der Waals surface area contributed by atoms with Crippen LogP contribution < -0.4 is 16.4 Å². The molecule has 0 aromatic heterocycles. The Labute approximate surface area is 117 Å². The summed E-state index contributed by atoms with van der Waals surface area (Å²) in [6.07, 6.45) is 3.63. The molecule has 6 heteroatoms. The monoisotopic (exact) mass is 279 g/mol. The van der Waals surface area contributed by atoms with Crippen molar-refractivity contribution in [3.63, 3.8) is 0 Å². The molecule has 3 rings (SSSR count). The Morgan fingerprint density at radius 1 is 1.30 bits per heavy atom. The summed E-state index contributed by atoms with van der Waals surface area (Å²) < 4.78 is 0. The lowest BCUT2D eigenvalue weighted by Gasteiger charge is -2.41. The van der Waals surface area contributed by atoms with Gasteiger partial charge < -0.3 is 16.4 Å². The molecule has 3 fully saturated rings. The van der Waals surface area contributed by atoms with Crippen LogP contribution >= 0.6 is 0 Å². The maximum Gasteiger partial charge on any atom is 0.223 e. The number of fused-ring (bicyclic) bond motifs is 1. The fourth-order valence-corrected chi connectivity index (χ4v) is 3.95. The second-order valence-electron chi connectivity index (χ2n) is 6.39. The number of primary amides is 1. The summed E-state index contributed by atoms with van der Waals surface area (Å²) in [7, 11) is 0. The number of nitrogens with one attached hydrogen (secondary N) is 2. The molecule has 0 aromatic carbocycles. The fraction of sp³-hybridized carbons (Fsp3) is 0.786. The van der Waals surface area contributed by atoms with Crippen molar-refractivity contribution in [2.24, 2.45) is 29.4 Å².